The first kappa shape index (κ1) is 18.1. The highest BCUT2D eigenvalue weighted by atomic mass is 35.5. The van der Waals surface area contributed by atoms with Crippen molar-refractivity contribution in [1.29, 1.82) is 0 Å². The predicted molar refractivity (Wildman–Crippen MR) is 84.3 cm³/mol. The van der Waals surface area contributed by atoms with Gasteiger partial charge in [-0.25, -0.2) is 4.79 Å². The Labute approximate surface area is 151 Å². The molecule has 124 valence electrons. The lowest BCUT2D eigenvalue weighted by Crippen LogP contribution is -2.35. The zero-order valence-corrected chi connectivity index (χ0v) is 15.0. The monoisotopic (exact) mass is 399 g/mol. The Bertz CT molecular complexity index is 694. The summed E-state index contributed by atoms with van der Waals surface area (Å²) in [6.07, 6.45) is -1.24. The molecule has 0 bridgehead atoms. The first-order valence-electron chi connectivity index (χ1n) is 6.11. The van der Waals surface area contributed by atoms with E-state index in [1.807, 2.05) is 0 Å². The van der Waals surface area contributed by atoms with E-state index in [0.717, 1.165) is 0 Å². The molecule has 0 aromatic heterocycles. The zero-order chi connectivity index (χ0) is 17.7. The largest absolute Gasteiger partial charge is 0.534 e. The van der Waals surface area contributed by atoms with Crippen LogP contribution in [0.5, 0.6) is 0 Å². The first-order chi connectivity index (χ1) is 10.5. The van der Waals surface area contributed by atoms with E-state index in [1.54, 1.807) is 20.8 Å². The number of rotatable bonds is 1. The standard InChI is InChI=1S/C13H9Cl4NO5/c1-13(2,3)22-12(21)23-18-10(19)4-5(11(18)20)7(15)9(17)8(16)6(4)14/h1-3H3. The van der Waals surface area contributed by atoms with Crippen LogP contribution in [-0.2, 0) is 9.57 Å². The average molecular weight is 401 g/mol. The molecule has 2 amide bonds. The van der Waals surface area contributed by atoms with Gasteiger partial charge in [-0.15, -0.1) is 0 Å². The van der Waals surface area contributed by atoms with Crippen LogP contribution in [0.1, 0.15) is 41.5 Å². The van der Waals surface area contributed by atoms with Gasteiger partial charge in [-0.1, -0.05) is 51.5 Å². The average Bonchev–Trinajstić information content (AvgIpc) is 2.65. The molecule has 0 fully saturated rings. The molecule has 1 aliphatic rings. The van der Waals surface area contributed by atoms with Crippen LogP contribution in [0.25, 0.3) is 0 Å². The molecule has 0 spiro atoms. The van der Waals surface area contributed by atoms with Gasteiger partial charge < -0.3 is 4.74 Å². The number of nitrogens with zero attached hydrogens (tertiary/aromatic N) is 1. The van der Waals surface area contributed by atoms with Crippen LogP contribution in [0.3, 0.4) is 0 Å². The summed E-state index contributed by atoms with van der Waals surface area (Å²) in [7, 11) is 0. The molecule has 23 heavy (non-hydrogen) atoms. The van der Waals surface area contributed by atoms with Gasteiger partial charge in [-0.2, -0.15) is 0 Å². The third-order valence-corrected chi connectivity index (χ3v) is 4.42. The van der Waals surface area contributed by atoms with E-state index in [0.29, 0.717) is 0 Å². The molecular weight excluding hydrogens is 392 g/mol. The number of amides is 2. The van der Waals surface area contributed by atoms with Crippen molar-refractivity contribution < 1.29 is 24.0 Å². The SMILES string of the molecule is CC(C)(C)OC(=O)ON1C(=O)c2c(Cl)c(Cl)c(Cl)c(Cl)c2C1=O. The number of hydrogen-bond acceptors (Lipinski definition) is 5. The minimum Gasteiger partial charge on any atom is -0.427 e. The van der Waals surface area contributed by atoms with E-state index in [9.17, 15) is 14.4 Å². The third-order valence-electron chi connectivity index (χ3n) is 2.62. The summed E-state index contributed by atoms with van der Waals surface area (Å²) >= 11 is 23.6. The number of ether oxygens (including phenoxy) is 1. The highest BCUT2D eigenvalue weighted by Crippen LogP contribution is 2.44. The Morgan fingerprint density at radius 1 is 0.870 bits per heavy atom. The fourth-order valence-corrected chi connectivity index (χ4v) is 2.77. The fraction of sp³-hybridized carbons (Fsp3) is 0.308. The van der Waals surface area contributed by atoms with E-state index in [1.165, 1.54) is 0 Å². The van der Waals surface area contributed by atoms with Crippen LogP contribution in [-0.4, -0.2) is 28.6 Å². The molecule has 1 heterocycles. The molecule has 0 atom stereocenters. The summed E-state index contributed by atoms with van der Waals surface area (Å²) in [5, 5.41) is -0.688. The normalized spacial score (nSPS) is 14.1. The van der Waals surface area contributed by atoms with Gasteiger partial charge in [0.15, 0.2) is 0 Å². The topological polar surface area (TPSA) is 72.9 Å². The number of hydrogen-bond donors (Lipinski definition) is 0. The number of benzene rings is 1. The van der Waals surface area contributed by atoms with Crippen molar-refractivity contribution >= 4 is 64.4 Å². The number of imide groups is 1. The van der Waals surface area contributed by atoms with Gasteiger partial charge in [0.25, 0.3) is 11.8 Å². The smallest absolute Gasteiger partial charge is 0.427 e. The Hall–Kier alpha value is -1.21. The van der Waals surface area contributed by atoms with Gasteiger partial charge in [-0.05, 0) is 20.8 Å². The second-order valence-corrected chi connectivity index (χ2v) is 6.98. The van der Waals surface area contributed by atoms with Crippen LogP contribution in [0, 0.1) is 0 Å². The van der Waals surface area contributed by atoms with Gasteiger partial charge in [0, 0.05) is 0 Å². The summed E-state index contributed by atoms with van der Waals surface area (Å²) in [5.41, 5.74) is -1.46. The maximum absolute atomic E-state index is 12.3. The van der Waals surface area contributed by atoms with Crippen LogP contribution in [0.2, 0.25) is 20.1 Å². The number of hydroxylamine groups is 2. The van der Waals surface area contributed by atoms with Crippen molar-refractivity contribution in [3.05, 3.63) is 31.2 Å². The molecule has 2 rings (SSSR count). The molecule has 1 aromatic rings. The Morgan fingerprint density at radius 2 is 1.26 bits per heavy atom. The molecule has 0 unspecified atom stereocenters. The summed E-state index contributed by atoms with van der Waals surface area (Å²) in [6.45, 7) is 4.76. The van der Waals surface area contributed by atoms with Crippen molar-refractivity contribution in [2.45, 2.75) is 26.4 Å². The minimum atomic E-state index is -1.24. The van der Waals surface area contributed by atoms with E-state index >= 15 is 0 Å². The third kappa shape index (κ3) is 3.21. The molecule has 0 aliphatic carbocycles. The predicted octanol–water partition coefficient (Wildman–Crippen LogP) is 4.76. The van der Waals surface area contributed by atoms with Crippen LogP contribution in [0.4, 0.5) is 4.79 Å². The molecule has 0 radical (unpaired) electrons. The van der Waals surface area contributed by atoms with Gasteiger partial charge in [0.05, 0.1) is 31.2 Å². The Balaban J connectivity index is 2.41. The molecular formula is C13H9Cl4NO5. The van der Waals surface area contributed by atoms with Crippen LogP contribution >= 0.6 is 46.4 Å². The second-order valence-electron chi connectivity index (χ2n) is 5.47. The summed E-state index contributed by atoms with van der Waals surface area (Å²) in [4.78, 5) is 40.9. The van der Waals surface area contributed by atoms with E-state index in [2.05, 4.69) is 4.84 Å². The van der Waals surface area contributed by atoms with Crippen LogP contribution in [0.15, 0.2) is 0 Å². The minimum absolute atomic E-state index is 0.183. The molecule has 0 saturated heterocycles. The molecule has 1 aromatic carbocycles. The highest BCUT2D eigenvalue weighted by Gasteiger charge is 2.44. The highest BCUT2D eigenvalue weighted by molar-refractivity contribution is 6.55. The summed E-state index contributed by atoms with van der Waals surface area (Å²) < 4.78 is 4.88. The zero-order valence-electron chi connectivity index (χ0n) is 12.0. The number of carbonyl (C=O) groups excluding carboxylic acids is 3. The maximum atomic E-state index is 12.3. The van der Waals surface area contributed by atoms with Crippen molar-refractivity contribution in [3.63, 3.8) is 0 Å². The van der Waals surface area contributed by atoms with Gasteiger partial charge in [0.2, 0.25) is 0 Å². The molecule has 1 aliphatic heterocycles. The quantitative estimate of drug-likeness (QED) is 0.294. The Morgan fingerprint density at radius 3 is 1.61 bits per heavy atom. The van der Waals surface area contributed by atoms with Gasteiger partial charge in [0.1, 0.15) is 5.60 Å². The van der Waals surface area contributed by atoms with Gasteiger partial charge in [-0.3, -0.25) is 14.4 Å². The second kappa shape index (κ2) is 6.02. The van der Waals surface area contributed by atoms with E-state index in [4.69, 9.17) is 51.1 Å². The van der Waals surface area contributed by atoms with Crippen molar-refractivity contribution in [2.24, 2.45) is 0 Å². The molecule has 10 heteroatoms. The lowest BCUT2D eigenvalue weighted by molar-refractivity contribution is -0.0943. The first-order valence-corrected chi connectivity index (χ1v) is 7.62. The number of carbonyl (C=O) groups is 3. The molecule has 6 nitrogen and oxygen atoms in total. The Kier molecular flexibility index (Phi) is 4.74. The van der Waals surface area contributed by atoms with E-state index < -0.39 is 23.6 Å². The number of fused-ring (bicyclic) bond motifs is 1. The molecule has 0 N–H and O–H groups in total. The summed E-state index contributed by atoms with van der Waals surface area (Å²) in [6, 6.07) is 0. The lowest BCUT2D eigenvalue weighted by atomic mass is 10.1. The lowest BCUT2D eigenvalue weighted by Gasteiger charge is -2.20. The van der Waals surface area contributed by atoms with Crippen molar-refractivity contribution in [3.8, 4) is 0 Å². The molecule has 0 saturated carbocycles. The van der Waals surface area contributed by atoms with E-state index in [-0.39, 0.29) is 36.3 Å². The van der Waals surface area contributed by atoms with Crippen molar-refractivity contribution in [1.82, 2.24) is 5.06 Å². The fourth-order valence-electron chi connectivity index (χ4n) is 1.75. The van der Waals surface area contributed by atoms with Gasteiger partial charge >= 0.3 is 6.16 Å². The summed E-state index contributed by atoms with van der Waals surface area (Å²) in [5.74, 6) is -2.00. The van der Waals surface area contributed by atoms with Crippen LogP contribution < -0.4 is 0 Å². The maximum Gasteiger partial charge on any atom is 0.534 e. The number of halogens is 4. The van der Waals surface area contributed by atoms with Crippen molar-refractivity contribution in [2.75, 3.05) is 0 Å².